The fourth-order valence-electron chi connectivity index (χ4n) is 4.77. The number of likely N-dealkylation sites (tertiary alicyclic amines) is 1. The Kier molecular flexibility index (Phi) is 5.16. The highest BCUT2D eigenvalue weighted by Gasteiger charge is 2.41. The van der Waals surface area contributed by atoms with E-state index in [1.807, 2.05) is 6.07 Å². The molecule has 0 radical (unpaired) electrons. The molecular weight excluding hydrogens is 320 g/mol. The largest absolute Gasteiger partial charge is 0.497 e. The highest BCUT2D eigenvalue weighted by Crippen LogP contribution is 2.41. The first kappa shape index (κ1) is 17.4. The lowest BCUT2D eigenvalue weighted by atomic mass is 9.78. The van der Waals surface area contributed by atoms with Gasteiger partial charge in [0.15, 0.2) is 0 Å². The first-order valence-corrected chi connectivity index (χ1v) is 9.97. The van der Waals surface area contributed by atoms with E-state index in [1.54, 1.807) is 7.11 Å². The van der Waals surface area contributed by atoms with Crippen LogP contribution in [0.4, 0.5) is 5.69 Å². The molecule has 26 heavy (non-hydrogen) atoms. The highest BCUT2D eigenvalue weighted by molar-refractivity contribution is 5.53. The molecule has 0 aromatic heterocycles. The number of piperidine rings is 2. The maximum absolute atomic E-state index is 5.47. The van der Waals surface area contributed by atoms with E-state index < -0.39 is 0 Å². The standard InChI is InChI=1S/C23H30N2O/c1-26-22-11-7-10-21(18-22)25-15-6-5-12-23(25)13-16-24(17-14-23)19-20-8-3-2-4-9-20/h2-4,7-11,18H,5-6,12-17,19H2,1H3. The van der Waals surface area contributed by atoms with Crippen molar-refractivity contribution in [3.63, 3.8) is 0 Å². The van der Waals surface area contributed by atoms with Crippen LogP contribution in [0.2, 0.25) is 0 Å². The summed E-state index contributed by atoms with van der Waals surface area (Å²) < 4.78 is 5.47. The van der Waals surface area contributed by atoms with E-state index >= 15 is 0 Å². The van der Waals surface area contributed by atoms with Crippen LogP contribution in [-0.2, 0) is 6.54 Å². The molecule has 3 nitrogen and oxygen atoms in total. The number of ether oxygens (including phenoxy) is 1. The van der Waals surface area contributed by atoms with E-state index in [0.717, 1.165) is 12.3 Å². The summed E-state index contributed by atoms with van der Waals surface area (Å²) in [6.07, 6.45) is 6.50. The van der Waals surface area contributed by atoms with Crippen LogP contribution in [0.25, 0.3) is 0 Å². The van der Waals surface area contributed by atoms with Gasteiger partial charge in [0.2, 0.25) is 0 Å². The van der Waals surface area contributed by atoms with Crippen molar-refractivity contribution in [1.29, 1.82) is 0 Å². The summed E-state index contributed by atoms with van der Waals surface area (Å²) >= 11 is 0. The summed E-state index contributed by atoms with van der Waals surface area (Å²) in [6, 6.07) is 19.5. The van der Waals surface area contributed by atoms with Gasteiger partial charge in [0.25, 0.3) is 0 Å². The van der Waals surface area contributed by atoms with Gasteiger partial charge in [-0.2, -0.15) is 0 Å². The van der Waals surface area contributed by atoms with E-state index in [2.05, 4.69) is 58.3 Å². The minimum atomic E-state index is 0.331. The molecule has 0 bridgehead atoms. The monoisotopic (exact) mass is 350 g/mol. The predicted molar refractivity (Wildman–Crippen MR) is 108 cm³/mol. The van der Waals surface area contributed by atoms with Crippen molar-refractivity contribution in [3.05, 3.63) is 60.2 Å². The first-order valence-electron chi connectivity index (χ1n) is 9.97. The van der Waals surface area contributed by atoms with Gasteiger partial charge >= 0.3 is 0 Å². The molecule has 0 N–H and O–H groups in total. The van der Waals surface area contributed by atoms with Crippen LogP contribution < -0.4 is 9.64 Å². The van der Waals surface area contributed by atoms with Crippen molar-refractivity contribution in [2.45, 2.75) is 44.2 Å². The third-order valence-electron chi connectivity index (χ3n) is 6.25. The summed E-state index contributed by atoms with van der Waals surface area (Å²) in [4.78, 5) is 5.32. The number of methoxy groups -OCH3 is 1. The average molecular weight is 351 g/mol. The lowest BCUT2D eigenvalue weighted by molar-refractivity contribution is 0.130. The number of hydrogen-bond donors (Lipinski definition) is 0. The molecule has 0 saturated carbocycles. The maximum Gasteiger partial charge on any atom is 0.120 e. The second kappa shape index (κ2) is 7.71. The van der Waals surface area contributed by atoms with E-state index in [4.69, 9.17) is 4.74 Å². The Bertz CT molecular complexity index is 707. The van der Waals surface area contributed by atoms with Gasteiger partial charge < -0.3 is 9.64 Å². The zero-order valence-electron chi connectivity index (χ0n) is 15.9. The van der Waals surface area contributed by atoms with Crippen molar-refractivity contribution in [2.24, 2.45) is 0 Å². The Hall–Kier alpha value is -2.00. The Morgan fingerprint density at radius 1 is 0.885 bits per heavy atom. The Balaban J connectivity index is 1.48. The topological polar surface area (TPSA) is 15.7 Å². The van der Waals surface area contributed by atoms with Crippen molar-refractivity contribution in [3.8, 4) is 5.75 Å². The van der Waals surface area contributed by atoms with Gasteiger partial charge in [-0.15, -0.1) is 0 Å². The molecule has 1 spiro atoms. The lowest BCUT2D eigenvalue weighted by Crippen LogP contribution is -2.57. The van der Waals surface area contributed by atoms with Crippen LogP contribution in [0.5, 0.6) is 5.75 Å². The molecule has 2 aromatic carbocycles. The zero-order valence-corrected chi connectivity index (χ0v) is 15.9. The second-order valence-corrected chi connectivity index (χ2v) is 7.80. The minimum Gasteiger partial charge on any atom is -0.497 e. The van der Waals surface area contributed by atoms with Crippen LogP contribution in [0.1, 0.15) is 37.7 Å². The van der Waals surface area contributed by atoms with Crippen molar-refractivity contribution in [1.82, 2.24) is 4.90 Å². The molecule has 0 atom stereocenters. The smallest absolute Gasteiger partial charge is 0.120 e. The van der Waals surface area contributed by atoms with Crippen LogP contribution >= 0.6 is 0 Å². The number of anilines is 1. The van der Waals surface area contributed by atoms with Crippen molar-refractivity contribution >= 4 is 5.69 Å². The number of nitrogens with zero attached hydrogens (tertiary/aromatic N) is 2. The lowest BCUT2D eigenvalue weighted by Gasteiger charge is -2.53. The van der Waals surface area contributed by atoms with E-state index in [1.165, 1.54) is 63.0 Å². The van der Waals surface area contributed by atoms with E-state index in [-0.39, 0.29) is 0 Å². The van der Waals surface area contributed by atoms with Crippen LogP contribution in [0.15, 0.2) is 54.6 Å². The summed E-state index contributed by atoms with van der Waals surface area (Å²) in [5.74, 6) is 0.963. The molecule has 2 heterocycles. The molecule has 2 aromatic rings. The number of benzene rings is 2. The maximum atomic E-state index is 5.47. The van der Waals surface area contributed by atoms with Crippen LogP contribution in [0, 0.1) is 0 Å². The van der Waals surface area contributed by atoms with E-state index in [9.17, 15) is 0 Å². The summed E-state index contributed by atoms with van der Waals surface area (Å²) in [6.45, 7) is 4.63. The molecule has 0 aliphatic carbocycles. The minimum absolute atomic E-state index is 0.331. The van der Waals surface area contributed by atoms with Crippen LogP contribution in [-0.4, -0.2) is 37.2 Å². The number of rotatable bonds is 4. The van der Waals surface area contributed by atoms with Gasteiger partial charge in [-0.25, -0.2) is 0 Å². The normalized spacial score (nSPS) is 20.3. The summed E-state index contributed by atoms with van der Waals surface area (Å²) in [7, 11) is 1.76. The van der Waals surface area contributed by atoms with Gasteiger partial charge in [0.05, 0.1) is 7.11 Å². The Morgan fingerprint density at radius 2 is 1.69 bits per heavy atom. The van der Waals surface area contributed by atoms with Gasteiger partial charge in [-0.05, 0) is 49.8 Å². The van der Waals surface area contributed by atoms with Gasteiger partial charge in [0, 0.05) is 43.5 Å². The Morgan fingerprint density at radius 3 is 2.46 bits per heavy atom. The molecule has 0 amide bonds. The molecular formula is C23H30N2O. The quantitative estimate of drug-likeness (QED) is 0.793. The molecule has 0 unspecified atom stereocenters. The Labute approximate surface area is 157 Å². The SMILES string of the molecule is COc1cccc(N2CCCCC23CCN(Cc2ccccc2)CC3)c1. The second-order valence-electron chi connectivity index (χ2n) is 7.80. The molecule has 4 rings (SSSR count). The third-order valence-corrected chi connectivity index (χ3v) is 6.25. The van der Waals surface area contributed by atoms with Crippen molar-refractivity contribution in [2.75, 3.05) is 31.6 Å². The van der Waals surface area contributed by atoms with Crippen molar-refractivity contribution < 1.29 is 4.74 Å². The van der Waals surface area contributed by atoms with E-state index in [0.29, 0.717) is 5.54 Å². The predicted octanol–water partition coefficient (Wildman–Crippen LogP) is 4.72. The highest BCUT2D eigenvalue weighted by atomic mass is 16.5. The molecule has 138 valence electrons. The van der Waals surface area contributed by atoms with Gasteiger partial charge in [0.1, 0.15) is 5.75 Å². The zero-order chi connectivity index (χ0) is 17.8. The fourth-order valence-corrected chi connectivity index (χ4v) is 4.77. The summed E-state index contributed by atoms with van der Waals surface area (Å²) in [5, 5.41) is 0. The summed E-state index contributed by atoms with van der Waals surface area (Å²) in [5.41, 5.74) is 3.09. The fraction of sp³-hybridized carbons (Fsp3) is 0.478. The first-order chi connectivity index (χ1) is 12.8. The molecule has 2 aliphatic heterocycles. The third kappa shape index (κ3) is 3.59. The molecule has 2 fully saturated rings. The van der Waals surface area contributed by atoms with Gasteiger partial charge in [-0.3, -0.25) is 4.90 Å². The molecule has 2 saturated heterocycles. The average Bonchev–Trinajstić information content (AvgIpc) is 2.71. The molecule has 3 heteroatoms. The van der Waals surface area contributed by atoms with Gasteiger partial charge in [-0.1, -0.05) is 36.4 Å². The molecule has 2 aliphatic rings. The van der Waals surface area contributed by atoms with Crippen LogP contribution in [0.3, 0.4) is 0 Å². The number of hydrogen-bond acceptors (Lipinski definition) is 3.